The van der Waals surface area contributed by atoms with Gasteiger partial charge in [0.15, 0.2) is 5.82 Å². The van der Waals surface area contributed by atoms with Crippen molar-refractivity contribution in [2.24, 2.45) is 5.92 Å². The number of tetrazole rings is 1. The largest absolute Gasteiger partial charge is 0.249 e. The van der Waals surface area contributed by atoms with E-state index in [9.17, 15) is 0 Å². The Morgan fingerprint density at radius 2 is 1.74 bits per heavy atom. The molecule has 2 aromatic heterocycles. The monoisotopic (exact) mass is 455 g/mol. The van der Waals surface area contributed by atoms with Crippen molar-refractivity contribution < 1.29 is 0 Å². The molecule has 1 aliphatic carbocycles. The summed E-state index contributed by atoms with van der Waals surface area (Å²) < 4.78 is 2.17. The van der Waals surface area contributed by atoms with E-state index < -0.39 is 0 Å². The standard InChI is InChI=1S/C27H33N7/c1-19(2)16-17-34-25(28-26(31-34)22-8-4-3-5-9-22)18-20-12-14-21(15-13-20)23-10-6-7-11-24(23)27-29-32-33-30-27/h6-7,10-15,19,22H,3-5,8-9,16-18H2,1-2H3,(H,29,30,32,33). The second kappa shape index (κ2) is 10.3. The third-order valence-corrected chi connectivity index (χ3v) is 6.79. The normalized spacial score (nSPS) is 14.7. The van der Waals surface area contributed by atoms with Gasteiger partial charge < -0.3 is 0 Å². The molecule has 0 spiro atoms. The molecule has 0 amide bonds. The average molecular weight is 456 g/mol. The summed E-state index contributed by atoms with van der Waals surface area (Å²) in [6, 6.07) is 16.9. The lowest BCUT2D eigenvalue weighted by Gasteiger charge is -2.18. The number of hydrogen-bond acceptors (Lipinski definition) is 5. The van der Waals surface area contributed by atoms with Crippen molar-refractivity contribution in [1.29, 1.82) is 0 Å². The summed E-state index contributed by atoms with van der Waals surface area (Å²) in [7, 11) is 0. The molecule has 2 heterocycles. The van der Waals surface area contributed by atoms with Gasteiger partial charge in [-0.25, -0.2) is 9.67 Å². The zero-order valence-corrected chi connectivity index (χ0v) is 20.1. The number of nitrogens with zero attached hydrogens (tertiary/aromatic N) is 6. The molecule has 1 saturated carbocycles. The third-order valence-electron chi connectivity index (χ3n) is 6.79. The summed E-state index contributed by atoms with van der Waals surface area (Å²) >= 11 is 0. The highest BCUT2D eigenvalue weighted by Crippen LogP contribution is 2.32. The summed E-state index contributed by atoms with van der Waals surface area (Å²) in [5.41, 5.74) is 4.44. The lowest BCUT2D eigenvalue weighted by molar-refractivity contribution is 0.421. The topological polar surface area (TPSA) is 85.2 Å². The predicted octanol–water partition coefficient (Wildman–Crippen LogP) is 5.81. The van der Waals surface area contributed by atoms with Crippen molar-refractivity contribution in [2.45, 2.75) is 71.3 Å². The van der Waals surface area contributed by atoms with Gasteiger partial charge in [0.1, 0.15) is 5.82 Å². The third kappa shape index (κ3) is 5.08. The Balaban J connectivity index is 1.38. The minimum atomic E-state index is 0.525. The van der Waals surface area contributed by atoms with E-state index in [2.05, 4.69) is 69.5 Å². The molecule has 5 rings (SSSR count). The number of aryl methyl sites for hydroxylation is 1. The fraction of sp³-hybridized carbons (Fsp3) is 0.444. The van der Waals surface area contributed by atoms with Crippen LogP contribution >= 0.6 is 0 Å². The first kappa shape index (κ1) is 22.4. The van der Waals surface area contributed by atoms with Crippen molar-refractivity contribution in [3.8, 4) is 22.5 Å². The van der Waals surface area contributed by atoms with Crippen LogP contribution in [0.4, 0.5) is 0 Å². The molecule has 0 unspecified atom stereocenters. The van der Waals surface area contributed by atoms with E-state index in [1.54, 1.807) is 0 Å². The van der Waals surface area contributed by atoms with E-state index in [-0.39, 0.29) is 0 Å². The first-order chi connectivity index (χ1) is 16.7. The molecule has 0 atom stereocenters. The summed E-state index contributed by atoms with van der Waals surface area (Å²) in [6.45, 7) is 5.47. The molecule has 7 heteroatoms. The molecule has 1 N–H and O–H groups in total. The quantitative estimate of drug-likeness (QED) is 0.362. The van der Waals surface area contributed by atoms with Gasteiger partial charge >= 0.3 is 0 Å². The number of nitrogens with one attached hydrogen (secondary N) is 1. The maximum absolute atomic E-state index is 5.06. The van der Waals surface area contributed by atoms with Crippen LogP contribution < -0.4 is 0 Å². The van der Waals surface area contributed by atoms with Gasteiger partial charge in [-0.2, -0.15) is 10.3 Å². The summed E-state index contributed by atoms with van der Waals surface area (Å²) in [6.07, 6.45) is 8.31. The van der Waals surface area contributed by atoms with Crippen LogP contribution in [0.3, 0.4) is 0 Å². The van der Waals surface area contributed by atoms with E-state index in [4.69, 9.17) is 10.1 Å². The minimum Gasteiger partial charge on any atom is -0.249 e. The Kier molecular flexibility index (Phi) is 6.79. The Morgan fingerprint density at radius 1 is 0.971 bits per heavy atom. The van der Waals surface area contributed by atoms with Crippen molar-refractivity contribution in [1.82, 2.24) is 35.4 Å². The van der Waals surface area contributed by atoms with Crippen LogP contribution in [0, 0.1) is 5.92 Å². The molecular weight excluding hydrogens is 422 g/mol. The van der Waals surface area contributed by atoms with Crippen LogP contribution in [0.2, 0.25) is 0 Å². The average Bonchev–Trinajstić information content (AvgIpc) is 3.54. The van der Waals surface area contributed by atoms with Crippen molar-refractivity contribution >= 4 is 0 Å². The maximum Gasteiger partial charge on any atom is 0.205 e. The van der Waals surface area contributed by atoms with Gasteiger partial charge in [0, 0.05) is 24.4 Å². The van der Waals surface area contributed by atoms with E-state index in [0.29, 0.717) is 17.7 Å². The Morgan fingerprint density at radius 3 is 2.44 bits per heavy atom. The first-order valence-electron chi connectivity index (χ1n) is 12.5. The lowest BCUT2D eigenvalue weighted by Crippen LogP contribution is -2.09. The first-order valence-corrected chi connectivity index (χ1v) is 12.5. The zero-order valence-electron chi connectivity index (χ0n) is 20.1. The maximum atomic E-state index is 5.06. The molecule has 176 valence electrons. The smallest absolute Gasteiger partial charge is 0.205 e. The van der Waals surface area contributed by atoms with Gasteiger partial charge in [-0.3, -0.25) is 0 Å². The summed E-state index contributed by atoms with van der Waals surface area (Å²) in [4.78, 5) is 5.06. The number of aromatic nitrogens is 7. The highest BCUT2D eigenvalue weighted by Gasteiger charge is 2.22. The number of benzene rings is 2. The van der Waals surface area contributed by atoms with Crippen LogP contribution in [0.1, 0.15) is 75.5 Å². The van der Waals surface area contributed by atoms with E-state index in [0.717, 1.165) is 47.7 Å². The van der Waals surface area contributed by atoms with Crippen molar-refractivity contribution in [3.63, 3.8) is 0 Å². The molecule has 7 nitrogen and oxygen atoms in total. The van der Waals surface area contributed by atoms with Crippen LogP contribution in [0.5, 0.6) is 0 Å². The van der Waals surface area contributed by atoms with Crippen LogP contribution in [0.25, 0.3) is 22.5 Å². The van der Waals surface area contributed by atoms with E-state index in [1.807, 2.05) is 18.2 Å². The van der Waals surface area contributed by atoms with Crippen LogP contribution in [-0.4, -0.2) is 35.4 Å². The molecule has 0 bridgehead atoms. The molecule has 0 aliphatic heterocycles. The molecular formula is C27H33N7. The van der Waals surface area contributed by atoms with Crippen molar-refractivity contribution in [2.75, 3.05) is 0 Å². The molecule has 1 fully saturated rings. The molecule has 0 saturated heterocycles. The van der Waals surface area contributed by atoms with Crippen LogP contribution in [0.15, 0.2) is 48.5 Å². The van der Waals surface area contributed by atoms with Gasteiger partial charge in [0.25, 0.3) is 0 Å². The Bertz CT molecular complexity index is 1190. The molecule has 4 aromatic rings. The molecule has 0 radical (unpaired) electrons. The second-order valence-corrected chi connectivity index (χ2v) is 9.78. The summed E-state index contributed by atoms with van der Waals surface area (Å²) in [5, 5.41) is 19.6. The fourth-order valence-electron chi connectivity index (χ4n) is 4.81. The van der Waals surface area contributed by atoms with Crippen molar-refractivity contribution in [3.05, 3.63) is 65.7 Å². The van der Waals surface area contributed by atoms with Crippen LogP contribution in [-0.2, 0) is 13.0 Å². The van der Waals surface area contributed by atoms with E-state index in [1.165, 1.54) is 37.7 Å². The second-order valence-electron chi connectivity index (χ2n) is 9.78. The molecule has 34 heavy (non-hydrogen) atoms. The number of hydrogen-bond donors (Lipinski definition) is 1. The lowest BCUT2D eigenvalue weighted by atomic mass is 9.89. The Hall–Kier alpha value is -3.35. The van der Waals surface area contributed by atoms with Gasteiger partial charge in [-0.05, 0) is 47.1 Å². The Labute approximate surface area is 201 Å². The highest BCUT2D eigenvalue weighted by molar-refractivity contribution is 5.80. The zero-order chi connectivity index (χ0) is 23.3. The predicted molar refractivity (Wildman–Crippen MR) is 133 cm³/mol. The van der Waals surface area contributed by atoms with Gasteiger partial charge in [0.05, 0.1) is 0 Å². The van der Waals surface area contributed by atoms with Gasteiger partial charge in [-0.15, -0.1) is 10.2 Å². The van der Waals surface area contributed by atoms with E-state index >= 15 is 0 Å². The summed E-state index contributed by atoms with van der Waals surface area (Å²) in [5.74, 6) is 3.92. The number of aromatic amines is 1. The number of rotatable bonds is 8. The molecule has 2 aromatic carbocycles. The SMILES string of the molecule is CC(C)CCn1nc(C2CCCCC2)nc1Cc1ccc(-c2ccccc2-c2nn[nH]n2)cc1. The highest BCUT2D eigenvalue weighted by atomic mass is 15.5. The minimum absolute atomic E-state index is 0.525. The van der Waals surface area contributed by atoms with Gasteiger partial charge in [-0.1, -0.05) is 81.6 Å². The van der Waals surface area contributed by atoms with Gasteiger partial charge in [0.2, 0.25) is 5.82 Å². The molecule has 1 aliphatic rings. The number of H-pyrrole nitrogens is 1. The fourth-order valence-corrected chi connectivity index (χ4v) is 4.81.